The molecule has 1 heterocycles. The Morgan fingerprint density at radius 2 is 1.74 bits per heavy atom. The number of carbonyl (C=O) groups is 2. The van der Waals surface area contributed by atoms with E-state index in [9.17, 15) is 14.0 Å². The first-order valence-electron chi connectivity index (χ1n) is 11.9. The van der Waals surface area contributed by atoms with Crippen molar-refractivity contribution >= 4 is 17.6 Å². The molecule has 0 radical (unpaired) electrons. The van der Waals surface area contributed by atoms with Crippen LogP contribution in [0.2, 0.25) is 0 Å². The van der Waals surface area contributed by atoms with Crippen molar-refractivity contribution in [3.8, 4) is 11.5 Å². The molecule has 0 aliphatic carbocycles. The monoisotopic (exact) mass is 487 g/mol. The Labute approximate surface area is 205 Å². The third-order valence-electron chi connectivity index (χ3n) is 6.06. The van der Waals surface area contributed by atoms with E-state index in [-0.39, 0.29) is 31.0 Å². The first kappa shape index (κ1) is 26.3. The van der Waals surface area contributed by atoms with Crippen LogP contribution in [0.25, 0.3) is 0 Å². The zero-order valence-corrected chi connectivity index (χ0v) is 20.3. The van der Waals surface area contributed by atoms with Crippen molar-refractivity contribution in [2.75, 3.05) is 45.8 Å². The van der Waals surface area contributed by atoms with Crippen molar-refractivity contribution in [3.63, 3.8) is 0 Å². The number of ether oxygens (including phenoxy) is 3. The molecule has 1 saturated heterocycles. The van der Waals surface area contributed by atoms with Gasteiger partial charge < -0.3 is 29.7 Å². The highest BCUT2D eigenvalue weighted by atomic mass is 19.1. The molecule has 2 N–H and O–H groups in total. The van der Waals surface area contributed by atoms with E-state index >= 15 is 0 Å². The van der Waals surface area contributed by atoms with Crippen LogP contribution in [0.5, 0.6) is 11.5 Å². The number of rotatable bonds is 11. The zero-order valence-electron chi connectivity index (χ0n) is 20.3. The molecular weight excluding hydrogens is 453 g/mol. The molecule has 9 heteroatoms. The fourth-order valence-corrected chi connectivity index (χ4v) is 4.05. The van der Waals surface area contributed by atoms with Crippen LogP contribution in [-0.2, 0) is 16.1 Å². The van der Waals surface area contributed by atoms with Crippen LogP contribution in [0.15, 0.2) is 42.5 Å². The van der Waals surface area contributed by atoms with Crippen molar-refractivity contribution in [1.82, 2.24) is 10.2 Å². The molecule has 190 valence electrons. The number of hydrogen-bond acceptors (Lipinski definition) is 5. The Balaban J connectivity index is 1.27. The molecule has 1 aliphatic rings. The number of piperidine rings is 1. The quantitative estimate of drug-likeness (QED) is 0.464. The SMILES string of the molecule is COc1ccc(NC(=O)N2CCC(CCCNC(=O)COCc3ccc(F)cc3)CC2)cc1OC. The fraction of sp³-hybridized carbons (Fsp3) is 0.462. The molecular formula is C26H34FN3O5. The van der Waals surface area contributed by atoms with Crippen molar-refractivity contribution in [3.05, 3.63) is 53.8 Å². The van der Waals surface area contributed by atoms with Gasteiger partial charge in [-0.05, 0) is 61.4 Å². The standard InChI is InChI=1S/C26H34FN3O5/c1-33-23-10-9-22(16-24(23)34-2)29-26(32)30-14-11-19(12-15-30)4-3-13-28-25(31)18-35-17-20-5-7-21(27)8-6-20/h5-10,16,19H,3-4,11-15,17-18H2,1-2H3,(H,28,31)(H,29,32). The molecule has 2 aromatic carbocycles. The minimum absolute atomic E-state index is 0.0229. The van der Waals surface area contributed by atoms with Crippen LogP contribution in [0, 0.1) is 11.7 Å². The van der Waals surface area contributed by atoms with Crippen LogP contribution in [0.1, 0.15) is 31.2 Å². The normalized spacial score (nSPS) is 13.9. The third-order valence-corrected chi connectivity index (χ3v) is 6.06. The second-order valence-corrected chi connectivity index (χ2v) is 8.54. The van der Waals surface area contributed by atoms with E-state index in [1.54, 1.807) is 44.6 Å². The summed E-state index contributed by atoms with van der Waals surface area (Å²) in [5, 5.41) is 5.79. The highest BCUT2D eigenvalue weighted by molar-refractivity contribution is 5.89. The minimum atomic E-state index is -0.296. The predicted molar refractivity (Wildman–Crippen MR) is 131 cm³/mol. The first-order valence-corrected chi connectivity index (χ1v) is 11.9. The summed E-state index contributed by atoms with van der Waals surface area (Å²) in [6.07, 6.45) is 3.76. The number of anilines is 1. The summed E-state index contributed by atoms with van der Waals surface area (Å²) in [5.74, 6) is 1.26. The smallest absolute Gasteiger partial charge is 0.321 e. The molecule has 0 unspecified atom stereocenters. The predicted octanol–water partition coefficient (Wildman–Crippen LogP) is 4.20. The molecule has 0 aromatic heterocycles. The van der Waals surface area contributed by atoms with Gasteiger partial charge >= 0.3 is 6.03 Å². The van der Waals surface area contributed by atoms with Crippen LogP contribution < -0.4 is 20.1 Å². The Bertz CT molecular complexity index is 962. The van der Waals surface area contributed by atoms with Crippen LogP contribution in [-0.4, -0.2) is 57.3 Å². The average Bonchev–Trinajstić information content (AvgIpc) is 2.88. The van der Waals surface area contributed by atoms with Gasteiger partial charge in [0.1, 0.15) is 12.4 Å². The maximum Gasteiger partial charge on any atom is 0.321 e. The average molecular weight is 488 g/mol. The molecule has 8 nitrogen and oxygen atoms in total. The van der Waals surface area contributed by atoms with Crippen LogP contribution >= 0.6 is 0 Å². The van der Waals surface area contributed by atoms with Crippen LogP contribution in [0.4, 0.5) is 14.9 Å². The third kappa shape index (κ3) is 8.43. The summed E-state index contributed by atoms with van der Waals surface area (Å²) in [6, 6.07) is 11.2. The molecule has 0 atom stereocenters. The Morgan fingerprint density at radius 3 is 2.43 bits per heavy atom. The Morgan fingerprint density at radius 1 is 1.03 bits per heavy atom. The van der Waals surface area contributed by atoms with E-state index < -0.39 is 0 Å². The van der Waals surface area contributed by atoms with Gasteiger partial charge in [-0.2, -0.15) is 0 Å². The maximum absolute atomic E-state index is 12.9. The van der Waals surface area contributed by atoms with Gasteiger partial charge in [0.25, 0.3) is 0 Å². The Kier molecular flexibility index (Phi) is 10.2. The topological polar surface area (TPSA) is 89.1 Å². The summed E-state index contributed by atoms with van der Waals surface area (Å²) in [7, 11) is 3.13. The number of nitrogens with one attached hydrogen (secondary N) is 2. The van der Waals surface area contributed by atoms with Crippen LogP contribution in [0.3, 0.4) is 0 Å². The number of benzene rings is 2. The van der Waals surface area contributed by atoms with Gasteiger partial charge in [-0.3, -0.25) is 4.79 Å². The van der Waals surface area contributed by atoms with Gasteiger partial charge in [0.2, 0.25) is 5.91 Å². The van der Waals surface area contributed by atoms with Crippen molar-refractivity contribution in [2.45, 2.75) is 32.3 Å². The largest absolute Gasteiger partial charge is 0.493 e. The maximum atomic E-state index is 12.9. The number of amides is 3. The number of methoxy groups -OCH3 is 2. The molecule has 3 amide bonds. The Hall–Kier alpha value is -3.33. The van der Waals surface area contributed by atoms with E-state index in [2.05, 4.69) is 10.6 Å². The number of urea groups is 1. The zero-order chi connectivity index (χ0) is 25.0. The molecule has 0 bridgehead atoms. The summed E-state index contributed by atoms with van der Waals surface area (Å²) < 4.78 is 28.8. The van der Waals surface area contributed by atoms with Gasteiger partial charge in [-0.15, -0.1) is 0 Å². The number of likely N-dealkylation sites (tertiary alicyclic amines) is 1. The van der Waals surface area contributed by atoms with Crippen molar-refractivity contribution in [1.29, 1.82) is 0 Å². The fourth-order valence-electron chi connectivity index (χ4n) is 4.05. The van der Waals surface area contributed by atoms with E-state index in [1.807, 2.05) is 4.90 Å². The van der Waals surface area contributed by atoms with Gasteiger partial charge in [0, 0.05) is 31.4 Å². The molecule has 3 rings (SSSR count). The summed E-state index contributed by atoms with van der Waals surface area (Å²) in [6.45, 7) is 2.25. The number of halogens is 1. The molecule has 1 fully saturated rings. The second kappa shape index (κ2) is 13.5. The number of hydrogen-bond donors (Lipinski definition) is 2. The van der Waals surface area contributed by atoms with Gasteiger partial charge in [0.05, 0.1) is 20.8 Å². The van der Waals surface area contributed by atoms with E-state index in [1.165, 1.54) is 12.1 Å². The molecule has 0 spiro atoms. The van der Waals surface area contributed by atoms with E-state index in [0.717, 1.165) is 31.2 Å². The van der Waals surface area contributed by atoms with E-state index in [0.29, 0.717) is 42.7 Å². The summed E-state index contributed by atoms with van der Waals surface area (Å²) >= 11 is 0. The lowest BCUT2D eigenvalue weighted by Gasteiger charge is -2.32. The van der Waals surface area contributed by atoms with Gasteiger partial charge in [-0.1, -0.05) is 12.1 Å². The lowest BCUT2D eigenvalue weighted by molar-refractivity contribution is -0.126. The number of nitrogens with zero attached hydrogens (tertiary/aromatic N) is 1. The lowest BCUT2D eigenvalue weighted by atomic mass is 9.92. The van der Waals surface area contributed by atoms with Gasteiger partial charge in [-0.25, -0.2) is 9.18 Å². The van der Waals surface area contributed by atoms with E-state index in [4.69, 9.17) is 14.2 Å². The molecule has 35 heavy (non-hydrogen) atoms. The van der Waals surface area contributed by atoms with Gasteiger partial charge in [0.15, 0.2) is 11.5 Å². The minimum Gasteiger partial charge on any atom is -0.493 e. The lowest BCUT2D eigenvalue weighted by Crippen LogP contribution is -2.41. The second-order valence-electron chi connectivity index (χ2n) is 8.54. The van der Waals surface area contributed by atoms with Crippen molar-refractivity contribution < 1.29 is 28.2 Å². The highest BCUT2D eigenvalue weighted by Crippen LogP contribution is 2.30. The molecule has 0 saturated carbocycles. The number of carbonyl (C=O) groups excluding carboxylic acids is 2. The van der Waals surface area contributed by atoms with Crippen molar-refractivity contribution in [2.24, 2.45) is 5.92 Å². The summed E-state index contributed by atoms with van der Waals surface area (Å²) in [5.41, 5.74) is 1.48. The summed E-state index contributed by atoms with van der Waals surface area (Å²) in [4.78, 5) is 26.4. The molecule has 2 aromatic rings. The first-order chi connectivity index (χ1) is 17.0. The highest BCUT2D eigenvalue weighted by Gasteiger charge is 2.23. The molecule has 1 aliphatic heterocycles.